The Bertz CT molecular complexity index is 1170. The fourth-order valence-electron chi connectivity index (χ4n) is 3.15. The van der Waals surface area contributed by atoms with Crippen molar-refractivity contribution in [2.75, 3.05) is 43.8 Å². The number of hydrogen-bond donors (Lipinski definition) is 1. The molecule has 2 aromatic rings. The second-order valence-electron chi connectivity index (χ2n) is 6.75. The Labute approximate surface area is 190 Å². The van der Waals surface area contributed by atoms with Gasteiger partial charge < -0.3 is 24.3 Å². The highest BCUT2D eigenvalue weighted by Crippen LogP contribution is 2.38. The number of nitrogens with one attached hydrogen (secondary N) is 1. The highest BCUT2D eigenvalue weighted by molar-refractivity contribution is 7.92. The number of halogens is 1. The monoisotopic (exact) mass is 484 g/mol. The number of sulfonamides is 1. The van der Waals surface area contributed by atoms with Crippen LogP contribution in [0.1, 0.15) is 10.4 Å². The Balaban J connectivity index is 1.97. The molecule has 3 rings (SSSR count). The van der Waals surface area contributed by atoms with Crippen molar-refractivity contribution < 1.29 is 37.0 Å². The van der Waals surface area contributed by atoms with Crippen LogP contribution < -0.4 is 23.8 Å². The molecule has 0 fully saturated rings. The number of carbonyl (C=O) groups is 2. The maximum Gasteiger partial charge on any atom is 0.340 e. The van der Waals surface area contributed by atoms with Gasteiger partial charge >= 0.3 is 5.97 Å². The Morgan fingerprint density at radius 3 is 2.38 bits per heavy atom. The zero-order valence-corrected chi connectivity index (χ0v) is 19.2. The highest BCUT2D eigenvalue weighted by atomic mass is 35.5. The summed E-state index contributed by atoms with van der Waals surface area (Å²) in [6.45, 7) is -0.293. The molecule has 2 aromatic carbocycles. The van der Waals surface area contributed by atoms with E-state index in [1.165, 1.54) is 51.7 Å². The van der Waals surface area contributed by atoms with Gasteiger partial charge in [-0.25, -0.2) is 13.2 Å². The summed E-state index contributed by atoms with van der Waals surface area (Å²) in [7, 11) is 0.259. The summed E-state index contributed by atoms with van der Waals surface area (Å²) in [6.07, 6.45) is -0.196. The van der Waals surface area contributed by atoms with Gasteiger partial charge in [-0.2, -0.15) is 0 Å². The molecule has 1 atom stereocenters. The SMILES string of the molecule is COC(=O)c1cc(OC)c(OC)cc1NC(=O)[C@H]1CN(S(C)(=O)=O)c2cc(Cl)ccc2O1. The van der Waals surface area contributed by atoms with E-state index in [0.717, 1.165) is 10.6 Å². The number of fused-ring (bicyclic) bond motifs is 1. The van der Waals surface area contributed by atoms with E-state index in [0.29, 0.717) is 5.02 Å². The standard InChI is InChI=1S/C20H21ClN2O8S/c1-28-16-8-12(20(25)30-3)13(9-17(16)29-2)22-19(24)18-10-23(32(4,26)27)14-7-11(21)5-6-15(14)31-18/h5-9,18H,10H2,1-4H3,(H,22,24)/t18-/m1/s1. The van der Waals surface area contributed by atoms with Crippen molar-refractivity contribution in [2.45, 2.75) is 6.10 Å². The average molecular weight is 485 g/mol. The van der Waals surface area contributed by atoms with Crippen LogP contribution in [0.15, 0.2) is 30.3 Å². The van der Waals surface area contributed by atoms with E-state index in [2.05, 4.69) is 5.32 Å². The molecule has 1 N–H and O–H groups in total. The highest BCUT2D eigenvalue weighted by Gasteiger charge is 2.36. The van der Waals surface area contributed by atoms with E-state index in [-0.39, 0.29) is 40.7 Å². The quantitative estimate of drug-likeness (QED) is 0.620. The van der Waals surface area contributed by atoms with Crippen LogP contribution in [0, 0.1) is 0 Å². The first kappa shape index (κ1) is 23.5. The number of esters is 1. The number of methoxy groups -OCH3 is 3. The van der Waals surface area contributed by atoms with Crippen molar-refractivity contribution in [1.82, 2.24) is 0 Å². The summed E-state index contributed by atoms with van der Waals surface area (Å²) < 4.78 is 46.6. The molecule has 0 saturated heterocycles. The van der Waals surface area contributed by atoms with Crippen molar-refractivity contribution >= 4 is 44.9 Å². The fourth-order valence-corrected chi connectivity index (χ4v) is 4.22. The first-order valence-electron chi connectivity index (χ1n) is 9.18. The number of carbonyl (C=O) groups excluding carboxylic acids is 2. The summed E-state index contributed by atoms with van der Waals surface area (Å²) >= 11 is 5.99. The average Bonchev–Trinajstić information content (AvgIpc) is 2.76. The van der Waals surface area contributed by atoms with Gasteiger partial charge in [0.25, 0.3) is 5.91 Å². The minimum absolute atomic E-state index is 0.0152. The van der Waals surface area contributed by atoms with E-state index >= 15 is 0 Å². The Morgan fingerprint density at radius 2 is 1.78 bits per heavy atom. The van der Waals surface area contributed by atoms with Crippen LogP contribution in [0.25, 0.3) is 0 Å². The maximum absolute atomic E-state index is 13.0. The number of benzene rings is 2. The normalized spacial score (nSPS) is 15.3. The zero-order chi connectivity index (χ0) is 23.6. The van der Waals surface area contributed by atoms with E-state index in [4.69, 9.17) is 30.5 Å². The number of nitrogens with zero attached hydrogens (tertiary/aromatic N) is 1. The Hall–Kier alpha value is -3.18. The Morgan fingerprint density at radius 1 is 1.12 bits per heavy atom. The molecule has 1 aliphatic heterocycles. The van der Waals surface area contributed by atoms with Crippen LogP contribution in [0.3, 0.4) is 0 Å². The molecule has 1 aliphatic rings. The molecule has 12 heteroatoms. The van der Waals surface area contributed by atoms with Crippen LogP contribution in [0.2, 0.25) is 5.02 Å². The van der Waals surface area contributed by atoms with Gasteiger partial charge in [0.15, 0.2) is 17.6 Å². The summed E-state index contributed by atoms with van der Waals surface area (Å²) in [5.74, 6) is -0.710. The summed E-state index contributed by atoms with van der Waals surface area (Å²) in [4.78, 5) is 25.3. The van der Waals surface area contributed by atoms with Crippen LogP contribution in [-0.2, 0) is 19.6 Å². The van der Waals surface area contributed by atoms with Crippen LogP contribution >= 0.6 is 11.6 Å². The molecule has 172 valence electrons. The predicted molar refractivity (Wildman–Crippen MR) is 118 cm³/mol. The lowest BCUT2D eigenvalue weighted by atomic mass is 10.1. The molecule has 32 heavy (non-hydrogen) atoms. The molecule has 0 radical (unpaired) electrons. The molecule has 0 unspecified atom stereocenters. The van der Waals surface area contributed by atoms with Crippen molar-refractivity contribution in [3.63, 3.8) is 0 Å². The van der Waals surface area contributed by atoms with Gasteiger partial charge in [0.05, 0.1) is 51.1 Å². The first-order chi connectivity index (χ1) is 15.1. The van der Waals surface area contributed by atoms with E-state index in [1.807, 2.05) is 0 Å². The number of anilines is 2. The van der Waals surface area contributed by atoms with Gasteiger partial charge in [0.1, 0.15) is 5.75 Å². The summed E-state index contributed by atoms with van der Waals surface area (Å²) in [6, 6.07) is 7.20. The van der Waals surface area contributed by atoms with E-state index in [9.17, 15) is 18.0 Å². The number of rotatable bonds is 6. The van der Waals surface area contributed by atoms with Crippen LogP contribution in [-0.4, -0.2) is 60.5 Å². The minimum atomic E-state index is -3.74. The van der Waals surface area contributed by atoms with Crippen LogP contribution in [0.5, 0.6) is 17.2 Å². The van der Waals surface area contributed by atoms with Crippen LogP contribution in [0.4, 0.5) is 11.4 Å². The molecule has 0 aliphatic carbocycles. The minimum Gasteiger partial charge on any atom is -0.493 e. The first-order valence-corrected chi connectivity index (χ1v) is 11.4. The molecule has 0 aromatic heterocycles. The van der Waals surface area contributed by atoms with Crippen molar-refractivity contribution in [3.05, 3.63) is 40.9 Å². The molecule has 0 bridgehead atoms. The third-order valence-electron chi connectivity index (χ3n) is 4.67. The number of amides is 1. The Kier molecular flexibility index (Phi) is 6.70. The van der Waals surface area contributed by atoms with Gasteiger partial charge in [-0.1, -0.05) is 11.6 Å². The lowest BCUT2D eigenvalue weighted by Crippen LogP contribution is -2.48. The second-order valence-corrected chi connectivity index (χ2v) is 9.09. The van der Waals surface area contributed by atoms with Crippen molar-refractivity contribution in [3.8, 4) is 17.2 Å². The van der Waals surface area contributed by atoms with Crippen molar-refractivity contribution in [2.24, 2.45) is 0 Å². The second kappa shape index (κ2) is 9.13. The third-order valence-corrected chi connectivity index (χ3v) is 6.05. The third kappa shape index (κ3) is 4.68. The number of hydrogen-bond acceptors (Lipinski definition) is 8. The fraction of sp³-hybridized carbons (Fsp3) is 0.300. The molecule has 0 saturated carbocycles. The smallest absolute Gasteiger partial charge is 0.340 e. The van der Waals surface area contributed by atoms with E-state index < -0.39 is 28.0 Å². The predicted octanol–water partition coefficient (Wildman–Crippen LogP) is 2.31. The number of ether oxygens (including phenoxy) is 4. The summed E-state index contributed by atoms with van der Waals surface area (Å²) in [5, 5.41) is 2.90. The van der Waals surface area contributed by atoms with Crippen molar-refractivity contribution in [1.29, 1.82) is 0 Å². The lowest BCUT2D eigenvalue weighted by Gasteiger charge is -2.34. The maximum atomic E-state index is 13.0. The molecule has 10 nitrogen and oxygen atoms in total. The molecular weight excluding hydrogens is 464 g/mol. The summed E-state index contributed by atoms with van der Waals surface area (Å²) in [5.41, 5.74) is 0.322. The zero-order valence-electron chi connectivity index (χ0n) is 17.7. The van der Waals surface area contributed by atoms with Gasteiger partial charge in [-0.15, -0.1) is 0 Å². The largest absolute Gasteiger partial charge is 0.493 e. The molecule has 1 amide bonds. The van der Waals surface area contributed by atoms with Gasteiger partial charge in [0.2, 0.25) is 10.0 Å². The van der Waals surface area contributed by atoms with Gasteiger partial charge in [0, 0.05) is 17.2 Å². The van der Waals surface area contributed by atoms with E-state index in [1.54, 1.807) is 0 Å². The molecule has 1 heterocycles. The topological polar surface area (TPSA) is 120 Å². The lowest BCUT2D eigenvalue weighted by molar-refractivity contribution is -0.122. The molecular formula is C20H21ClN2O8S. The van der Waals surface area contributed by atoms with Gasteiger partial charge in [-0.3, -0.25) is 9.10 Å². The molecule has 0 spiro atoms. The van der Waals surface area contributed by atoms with Gasteiger partial charge in [-0.05, 0) is 18.2 Å².